The second-order valence-electron chi connectivity index (χ2n) is 3.81. The highest BCUT2D eigenvalue weighted by Crippen LogP contribution is 2.09. The second-order valence-corrected chi connectivity index (χ2v) is 3.81. The van der Waals surface area contributed by atoms with Crippen molar-refractivity contribution in [2.75, 3.05) is 23.8 Å². The summed E-state index contributed by atoms with van der Waals surface area (Å²) in [6, 6.07) is 0.289. The van der Waals surface area contributed by atoms with Crippen LogP contribution in [-0.2, 0) is 4.79 Å². The van der Waals surface area contributed by atoms with Crippen molar-refractivity contribution in [2.24, 2.45) is 0 Å². The summed E-state index contributed by atoms with van der Waals surface area (Å²) in [4.78, 5) is 20.3. The van der Waals surface area contributed by atoms with Gasteiger partial charge in [0.2, 0.25) is 0 Å². The van der Waals surface area contributed by atoms with Crippen LogP contribution in [0.2, 0.25) is 0 Å². The first-order chi connectivity index (χ1) is 7.49. The number of aliphatic carboxylic acids is 1. The van der Waals surface area contributed by atoms with E-state index in [-0.39, 0.29) is 12.6 Å². The van der Waals surface area contributed by atoms with Crippen LogP contribution in [0.5, 0.6) is 0 Å². The van der Waals surface area contributed by atoms with Gasteiger partial charge in [-0.15, -0.1) is 0 Å². The summed E-state index contributed by atoms with van der Waals surface area (Å²) in [6.07, 6.45) is 3.14. The Hall–Kier alpha value is -1.85. The molecule has 1 rings (SSSR count). The van der Waals surface area contributed by atoms with E-state index in [0.29, 0.717) is 11.6 Å². The molecule has 88 valence electrons. The molecule has 6 heteroatoms. The van der Waals surface area contributed by atoms with E-state index in [9.17, 15) is 4.79 Å². The maximum Gasteiger partial charge on any atom is 0.323 e. The summed E-state index contributed by atoms with van der Waals surface area (Å²) < 4.78 is 0. The number of aromatic nitrogens is 2. The van der Waals surface area contributed by atoms with Crippen LogP contribution in [0.1, 0.15) is 13.8 Å². The number of likely N-dealkylation sites (N-methyl/N-ethyl adjacent to an activating group) is 1. The molecule has 0 aliphatic carbocycles. The molecule has 0 aliphatic heterocycles. The molecule has 16 heavy (non-hydrogen) atoms. The number of nitrogens with zero attached hydrogens (tertiary/aromatic N) is 3. The molecule has 0 aromatic carbocycles. The van der Waals surface area contributed by atoms with Crippen molar-refractivity contribution in [3.05, 3.63) is 12.4 Å². The van der Waals surface area contributed by atoms with E-state index in [2.05, 4.69) is 15.3 Å². The molecule has 0 saturated carbocycles. The molecule has 1 heterocycles. The normalized spacial score (nSPS) is 10.2. The van der Waals surface area contributed by atoms with Gasteiger partial charge in [0.05, 0.1) is 12.4 Å². The van der Waals surface area contributed by atoms with Gasteiger partial charge in [0.25, 0.3) is 0 Å². The van der Waals surface area contributed by atoms with Gasteiger partial charge in [-0.3, -0.25) is 4.79 Å². The van der Waals surface area contributed by atoms with Crippen molar-refractivity contribution in [1.29, 1.82) is 0 Å². The summed E-state index contributed by atoms with van der Waals surface area (Å²) >= 11 is 0. The number of nitrogens with one attached hydrogen (secondary N) is 1. The molecule has 0 saturated heterocycles. The zero-order valence-corrected chi connectivity index (χ0v) is 9.64. The molecule has 1 aromatic rings. The Morgan fingerprint density at radius 2 is 2.19 bits per heavy atom. The highest BCUT2D eigenvalue weighted by atomic mass is 16.4. The summed E-state index contributed by atoms with van der Waals surface area (Å²) in [6.45, 7) is 3.92. The number of carboxylic acids is 1. The first kappa shape index (κ1) is 12.2. The number of hydrogen-bond donors (Lipinski definition) is 2. The van der Waals surface area contributed by atoms with Crippen LogP contribution < -0.4 is 10.2 Å². The van der Waals surface area contributed by atoms with E-state index in [1.165, 1.54) is 4.90 Å². The number of carbonyl (C=O) groups is 1. The summed E-state index contributed by atoms with van der Waals surface area (Å²) in [5, 5.41) is 11.7. The van der Waals surface area contributed by atoms with Gasteiger partial charge >= 0.3 is 5.97 Å². The van der Waals surface area contributed by atoms with Crippen LogP contribution in [0.4, 0.5) is 11.6 Å². The van der Waals surface area contributed by atoms with Crippen LogP contribution in [0.15, 0.2) is 12.4 Å². The van der Waals surface area contributed by atoms with E-state index in [0.717, 1.165) is 0 Å². The molecule has 0 amide bonds. The Bertz CT molecular complexity index is 350. The van der Waals surface area contributed by atoms with Gasteiger partial charge in [0.1, 0.15) is 18.2 Å². The van der Waals surface area contributed by atoms with Gasteiger partial charge in [-0.1, -0.05) is 0 Å². The van der Waals surface area contributed by atoms with Gasteiger partial charge in [-0.25, -0.2) is 9.97 Å². The minimum absolute atomic E-state index is 0.0916. The van der Waals surface area contributed by atoms with Gasteiger partial charge in [0, 0.05) is 13.1 Å². The monoisotopic (exact) mass is 224 g/mol. The fourth-order valence-corrected chi connectivity index (χ4v) is 1.17. The predicted molar refractivity (Wildman–Crippen MR) is 61.7 cm³/mol. The number of rotatable bonds is 5. The van der Waals surface area contributed by atoms with Gasteiger partial charge in [-0.05, 0) is 13.8 Å². The Morgan fingerprint density at radius 1 is 1.50 bits per heavy atom. The predicted octanol–water partition coefficient (Wildman–Crippen LogP) is 0.818. The minimum atomic E-state index is -0.895. The van der Waals surface area contributed by atoms with Crippen molar-refractivity contribution >= 4 is 17.6 Å². The van der Waals surface area contributed by atoms with Crippen molar-refractivity contribution in [1.82, 2.24) is 9.97 Å². The first-order valence-electron chi connectivity index (χ1n) is 5.00. The van der Waals surface area contributed by atoms with Gasteiger partial charge < -0.3 is 15.3 Å². The Morgan fingerprint density at radius 3 is 2.62 bits per heavy atom. The lowest BCUT2D eigenvalue weighted by Crippen LogP contribution is -2.26. The average Bonchev–Trinajstić information content (AvgIpc) is 2.16. The molecular formula is C10H16N4O2. The minimum Gasteiger partial charge on any atom is -0.480 e. The van der Waals surface area contributed by atoms with Gasteiger partial charge in [-0.2, -0.15) is 0 Å². The van der Waals surface area contributed by atoms with E-state index in [4.69, 9.17) is 5.11 Å². The summed E-state index contributed by atoms with van der Waals surface area (Å²) in [5.41, 5.74) is 0. The largest absolute Gasteiger partial charge is 0.480 e. The maximum atomic E-state index is 10.5. The molecule has 1 aromatic heterocycles. The van der Waals surface area contributed by atoms with E-state index >= 15 is 0 Å². The maximum absolute atomic E-state index is 10.5. The van der Waals surface area contributed by atoms with Crippen LogP contribution >= 0.6 is 0 Å². The van der Waals surface area contributed by atoms with Gasteiger partial charge in [0.15, 0.2) is 0 Å². The SMILES string of the molecule is CC(C)Nc1cnc(N(C)CC(=O)O)cn1. The number of carboxylic acid groups (broad SMARTS) is 1. The number of anilines is 2. The van der Waals surface area contributed by atoms with Crippen LogP contribution in [-0.4, -0.2) is 40.7 Å². The fraction of sp³-hybridized carbons (Fsp3) is 0.500. The zero-order valence-electron chi connectivity index (χ0n) is 9.64. The van der Waals surface area contributed by atoms with Crippen LogP contribution in [0, 0.1) is 0 Å². The highest BCUT2D eigenvalue weighted by molar-refractivity contribution is 5.72. The molecule has 2 N–H and O–H groups in total. The number of hydrogen-bond acceptors (Lipinski definition) is 5. The van der Waals surface area contributed by atoms with E-state index < -0.39 is 5.97 Å². The van der Waals surface area contributed by atoms with Crippen molar-refractivity contribution < 1.29 is 9.90 Å². The summed E-state index contributed by atoms with van der Waals surface area (Å²) in [7, 11) is 1.66. The summed E-state index contributed by atoms with van der Waals surface area (Å²) in [5.74, 6) is 0.327. The highest BCUT2D eigenvalue weighted by Gasteiger charge is 2.07. The second kappa shape index (κ2) is 5.29. The smallest absolute Gasteiger partial charge is 0.323 e. The molecule has 6 nitrogen and oxygen atoms in total. The molecule has 0 unspecified atom stereocenters. The van der Waals surface area contributed by atoms with E-state index in [1.807, 2.05) is 13.8 Å². The molecule has 0 fully saturated rings. The van der Waals surface area contributed by atoms with E-state index in [1.54, 1.807) is 19.4 Å². The molecular weight excluding hydrogens is 208 g/mol. The lowest BCUT2D eigenvalue weighted by molar-refractivity contribution is -0.135. The Labute approximate surface area is 94.3 Å². The fourth-order valence-electron chi connectivity index (χ4n) is 1.17. The third kappa shape index (κ3) is 3.72. The third-order valence-electron chi connectivity index (χ3n) is 1.84. The van der Waals surface area contributed by atoms with Crippen molar-refractivity contribution in [2.45, 2.75) is 19.9 Å². The standard InChI is InChI=1S/C10H16N4O2/c1-7(2)13-8-4-12-9(5-11-8)14(3)6-10(15)16/h4-5,7H,6H2,1-3H3,(H,11,13)(H,15,16). The lowest BCUT2D eigenvalue weighted by atomic mass is 10.4. The van der Waals surface area contributed by atoms with Crippen LogP contribution in [0.25, 0.3) is 0 Å². The molecule has 0 atom stereocenters. The molecule has 0 spiro atoms. The average molecular weight is 224 g/mol. The lowest BCUT2D eigenvalue weighted by Gasteiger charge is -2.15. The quantitative estimate of drug-likeness (QED) is 0.771. The Kier molecular flexibility index (Phi) is 4.04. The Balaban J connectivity index is 2.66. The molecule has 0 radical (unpaired) electrons. The third-order valence-corrected chi connectivity index (χ3v) is 1.84. The first-order valence-corrected chi connectivity index (χ1v) is 5.00. The molecule has 0 aliphatic rings. The zero-order chi connectivity index (χ0) is 12.1. The van der Waals surface area contributed by atoms with Crippen molar-refractivity contribution in [3.63, 3.8) is 0 Å². The van der Waals surface area contributed by atoms with Crippen molar-refractivity contribution in [3.8, 4) is 0 Å². The van der Waals surface area contributed by atoms with Crippen LogP contribution in [0.3, 0.4) is 0 Å². The topological polar surface area (TPSA) is 78.4 Å². The molecule has 0 bridgehead atoms.